The van der Waals surface area contributed by atoms with Crippen LogP contribution >= 0.6 is 0 Å². The van der Waals surface area contributed by atoms with Crippen molar-refractivity contribution in [3.63, 3.8) is 0 Å². The van der Waals surface area contributed by atoms with Crippen LogP contribution in [-0.2, 0) is 0 Å². The third kappa shape index (κ3) is 5.78. The van der Waals surface area contributed by atoms with Crippen molar-refractivity contribution in [1.29, 1.82) is 0 Å². The molecule has 0 rings (SSSR count). The molecule has 0 aromatic carbocycles. The van der Waals surface area contributed by atoms with Crippen LogP contribution in [0.4, 0.5) is 0 Å². The van der Waals surface area contributed by atoms with Gasteiger partial charge in [0.25, 0.3) is 0 Å². The van der Waals surface area contributed by atoms with Crippen LogP contribution in [0, 0.1) is 0 Å². The molecule has 0 heterocycles. The van der Waals surface area contributed by atoms with E-state index >= 15 is 0 Å². The highest BCUT2D eigenvalue weighted by Gasteiger charge is 1.94. The van der Waals surface area contributed by atoms with Gasteiger partial charge < -0.3 is 5.32 Å². The average Bonchev–Trinajstić information content (AvgIpc) is 2.05. The molecule has 0 amide bonds. The van der Waals surface area contributed by atoms with Gasteiger partial charge in [0, 0.05) is 11.7 Å². The van der Waals surface area contributed by atoms with Crippen molar-refractivity contribution in [3.8, 4) is 0 Å². The molecule has 1 N–H and O–H groups in total. The van der Waals surface area contributed by atoms with E-state index in [0.29, 0.717) is 6.04 Å². The van der Waals surface area contributed by atoms with Crippen molar-refractivity contribution < 1.29 is 0 Å². The minimum Gasteiger partial charge on any atom is -0.383 e. The van der Waals surface area contributed by atoms with E-state index in [1.807, 2.05) is 31.2 Å². The lowest BCUT2D eigenvalue weighted by Crippen LogP contribution is -2.22. The summed E-state index contributed by atoms with van der Waals surface area (Å²) >= 11 is 0. The largest absolute Gasteiger partial charge is 0.383 e. The average molecular weight is 165 g/mol. The summed E-state index contributed by atoms with van der Waals surface area (Å²) in [4.78, 5) is 0. The summed E-state index contributed by atoms with van der Waals surface area (Å²) < 4.78 is 0. The third-order valence-electron chi connectivity index (χ3n) is 1.65. The summed E-state index contributed by atoms with van der Waals surface area (Å²) in [6.07, 6.45) is 9.07. The van der Waals surface area contributed by atoms with Crippen LogP contribution in [0.15, 0.2) is 36.6 Å². The minimum atomic E-state index is 0.507. The summed E-state index contributed by atoms with van der Waals surface area (Å²) in [5.41, 5.74) is 0.974. The van der Waals surface area contributed by atoms with Crippen molar-refractivity contribution in [2.75, 3.05) is 0 Å². The standard InChI is InChI=1S/C11H19N/c1-5-7-8-9-11(4)12-10(3)6-2/h5,7-10,12H,4,6H2,1-3H3/b7-5+,9-8+. The highest BCUT2D eigenvalue weighted by molar-refractivity contribution is 5.17. The number of hydrogen-bond donors (Lipinski definition) is 1. The fraction of sp³-hybridized carbons (Fsp3) is 0.455. The fourth-order valence-electron chi connectivity index (χ4n) is 0.749. The van der Waals surface area contributed by atoms with Gasteiger partial charge in [0.15, 0.2) is 0 Å². The smallest absolute Gasteiger partial charge is 0.0269 e. The number of hydrogen-bond acceptors (Lipinski definition) is 1. The molecule has 0 saturated carbocycles. The molecular formula is C11H19N. The summed E-state index contributed by atoms with van der Waals surface area (Å²) in [5.74, 6) is 0. The zero-order chi connectivity index (χ0) is 9.40. The molecule has 0 aromatic heterocycles. The van der Waals surface area contributed by atoms with Crippen molar-refractivity contribution in [2.45, 2.75) is 33.2 Å². The maximum Gasteiger partial charge on any atom is 0.0269 e. The van der Waals surface area contributed by atoms with Crippen LogP contribution in [-0.4, -0.2) is 6.04 Å². The Bertz CT molecular complexity index is 177. The van der Waals surface area contributed by atoms with E-state index in [2.05, 4.69) is 25.7 Å². The molecule has 1 unspecified atom stereocenters. The number of allylic oxidation sites excluding steroid dienone is 4. The van der Waals surface area contributed by atoms with Gasteiger partial charge in [-0.15, -0.1) is 0 Å². The predicted octanol–water partition coefficient (Wildman–Crippen LogP) is 3.02. The first-order valence-corrected chi connectivity index (χ1v) is 4.45. The lowest BCUT2D eigenvalue weighted by Gasteiger charge is -2.11. The summed E-state index contributed by atoms with van der Waals surface area (Å²) in [7, 11) is 0. The molecule has 1 nitrogen and oxygen atoms in total. The molecule has 0 aromatic rings. The molecule has 0 aliphatic carbocycles. The molecule has 0 spiro atoms. The molecule has 0 fully saturated rings. The van der Waals surface area contributed by atoms with E-state index in [-0.39, 0.29) is 0 Å². The molecule has 1 heteroatoms. The molecule has 12 heavy (non-hydrogen) atoms. The number of rotatable bonds is 5. The van der Waals surface area contributed by atoms with Crippen molar-refractivity contribution in [2.24, 2.45) is 0 Å². The van der Waals surface area contributed by atoms with Crippen molar-refractivity contribution >= 4 is 0 Å². The van der Waals surface area contributed by atoms with E-state index in [1.54, 1.807) is 0 Å². The first-order chi connectivity index (χ1) is 5.70. The third-order valence-corrected chi connectivity index (χ3v) is 1.65. The van der Waals surface area contributed by atoms with E-state index in [4.69, 9.17) is 0 Å². The topological polar surface area (TPSA) is 12.0 Å². The van der Waals surface area contributed by atoms with Crippen molar-refractivity contribution in [1.82, 2.24) is 5.32 Å². The highest BCUT2D eigenvalue weighted by atomic mass is 14.9. The van der Waals surface area contributed by atoms with Gasteiger partial charge in [0.2, 0.25) is 0 Å². The van der Waals surface area contributed by atoms with E-state index < -0.39 is 0 Å². The van der Waals surface area contributed by atoms with Crippen LogP contribution < -0.4 is 5.32 Å². The lowest BCUT2D eigenvalue weighted by molar-refractivity contribution is 0.605. The van der Waals surface area contributed by atoms with Gasteiger partial charge in [0.05, 0.1) is 0 Å². The molecule has 0 bridgehead atoms. The van der Waals surface area contributed by atoms with Crippen LogP contribution in [0.25, 0.3) is 0 Å². The second-order valence-corrected chi connectivity index (χ2v) is 2.86. The highest BCUT2D eigenvalue weighted by Crippen LogP contribution is 1.94. The molecular weight excluding hydrogens is 146 g/mol. The maximum atomic E-state index is 3.88. The normalized spacial score (nSPS) is 13.9. The Labute approximate surface area is 75.9 Å². The van der Waals surface area contributed by atoms with E-state index in [1.165, 1.54) is 0 Å². The second kappa shape index (κ2) is 6.71. The monoisotopic (exact) mass is 165 g/mol. The van der Waals surface area contributed by atoms with Gasteiger partial charge in [-0.3, -0.25) is 0 Å². The number of nitrogens with one attached hydrogen (secondary N) is 1. The lowest BCUT2D eigenvalue weighted by atomic mass is 10.2. The van der Waals surface area contributed by atoms with Gasteiger partial charge in [-0.25, -0.2) is 0 Å². The summed E-state index contributed by atoms with van der Waals surface area (Å²) in [6.45, 7) is 10.2. The summed E-state index contributed by atoms with van der Waals surface area (Å²) in [5, 5.41) is 3.27. The van der Waals surface area contributed by atoms with Gasteiger partial charge in [-0.05, 0) is 26.3 Å². The fourth-order valence-corrected chi connectivity index (χ4v) is 0.749. The Morgan fingerprint density at radius 1 is 1.50 bits per heavy atom. The zero-order valence-corrected chi connectivity index (χ0v) is 8.30. The van der Waals surface area contributed by atoms with Gasteiger partial charge in [0.1, 0.15) is 0 Å². The van der Waals surface area contributed by atoms with Crippen LogP contribution in [0.5, 0.6) is 0 Å². The molecule has 0 saturated heterocycles. The molecule has 0 radical (unpaired) electrons. The van der Waals surface area contributed by atoms with Gasteiger partial charge in [-0.1, -0.05) is 31.7 Å². The summed E-state index contributed by atoms with van der Waals surface area (Å²) in [6, 6.07) is 0.507. The van der Waals surface area contributed by atoms with Crippen LogP contribution in [0.2, 0.25) is 0 Å². The minimum absolute atomic E-state index is 0.507. The maximum absolute atomic E-state index is 3.88. The Balaban J connectivity index is 3.73. The molecule has 68 valence electrons. The van der Waals surface area contributed by atoms with Gasteiger partial charge >= 0.3 is 0 Å². The molecule has 0 aliphatic heterocycles. The molecule has 1 atom stereocenters. The predicted molar refractivity (Wildman–Crippen MR) is 56.0 cm³/mol. The SMILES string of the molecule is C=C(/C=C/C=C/C)NC(C)CC. The van der Waals surface area contributed by atoms with Crippen LogP contribution in [0.3, 0.4) is 0 Å². The quantitative estimate of drug-likeness (QED) is 0.617. The zero-order valence-electron chi connectivity index (χ0n) is 8.30. The van der Waals surface area contributed by atoms with E-state index in [0.717, 1.165) is 12.1 Å². The first kappa shape index (κ1) is 11.0. The Morgan fingerprint density at radius 2 is 2.17 bits per heavy atom. The second-order valence-electron chi connectivity index (χ2n) is 2.86. The van der Waals surface area contributed by atoms with Gasteiger partial charge in [-0.2, -0.15) is 0 Å². The Hall–Kier alpha value is -0.980. The Morgan fingerprint density at radius 3 is 2.67 bits per heavy atom. The van der Waals surface area contributed by atoms with Crippen molar-refractivity contribution in [3.05, 3.63) is 36.6 Å². The first-order valence-electron chi connectivity index (χ1n) is 4.45. The molecule has 0 aliphatic rings. The van der Waals surface area contributed by atoms with E-state index in [9.17, 15) is 0 Å². The Kier molecular flexibility index (Phi) is 6.16. The van der Waals surface area contributed by atoms with Crippen LogP contribution in [0.1, 0.15) is 27.2 Å².